The number of hydrogen-bond acceptors (Lipinski definition) is 4. The van der Waals surface area contributed by atoms with E-state index >= 15 is 0 Å². The van der Waals surface area contributed by atoms with Gasteiger partial charge >= 0.3 is 0 Å². The van der Waals surface area contributed by atoms with Gasteiger partial charge in [-0.1, -0.05) is 30.9 Å². The molecule has 2 heterocycles. The Labute approximate surface area is 199 Å². The Morgan fingerprint density at radius 1 is 1.35 bits per heavy atom. The first kappa shape index (κ1) is 23.5. The maximum Gasteiger partial charge on any atom is 0.255 e. The predicted molar refractivity (Wildman–Crippen MR) is 136 cm³/mol. The van der Waals surface area contributed by atoms with E-state index in [1.54, 1.807) is 6.20 Å². The highest BCUT2D eigenvalue weighted by molar-refractivity contribution is 6.12. The van der Waals surface area contributed by atoms with Crippen molar-refractivity contribution in [1.82, 2.24) is 10.3 Å². The maximum absolute atomic E-state index is 12.7. The number of aliphatic imine (C=N–C) groups is 2. The van der Waals surface area contributed by atoms with Crippen LogP contribution in [0.25, 0.3) is 11.1 Å². The number of fused-ring (bicyclic) bond motifs is 2. The van der Waals surface area contributed by atoms with E-state index in [1.165, 1.54) is 0 Å². The average molecular weight is 459 g/mol. The van der Waals surface area contributed by atoms with Crippen molar-refractivity contribution in [2.24, 2.45) is 15.9 Å². The van der Waals surface area contributed by atoms with Crippen molar-refractivity contribution in [3.8, 4) is 0 Å². The number of allylic oxidation sites excluding steroid dienone is 9. The zero-order valence-corrected chi connectivity index (χ0v) is 19.5. The molecule has 0 bridgehead atoms. The lowest BCUT2D eigenvalue weighted by Gasteiger charge is -2.16. The van der Waals surface area contributed by atoms with Crippen molar-refractivity contribution < 1.29 is 8.78 Å². The van der Waals surface area contributed by atoms with Crippen LogP contribution in [0.2, 0.25) is 0 Å². The Morgan fingerprint density at radius 3 is 2.94 bits per heavy atom. The van der Waals surface area contributed by atoms with Gasteiger partial charge in [0.25, 0.3) is 6.43 Å². The molecule has 4 nitrogen and oxygen atoms in total. The van der Waals surface area contributed by atoms with E-state index in [-0.39, 0.29) is 5.92 Å². The van der Waals surface area contributed by atoms with Crippen LogP contribution >= 0.6 is 0 Å². The first-order valence-electron chi connectivity index (χ1n) is 11.5. The highest BCUT2D eigenvalue weighted by atomic mass is 19.3. The molecule has 0 spiro atoms. The van der Waals surface area contributed by atoms with Crippen molar-refractivity contribution in [3.63, 3.8) is 0 Å². The van der Waals surface area contributed by atoms with Gasteiger partial charge in [0.15, 0.2) is 0 Å². The topological polar surface area (TPSA) is 49.6 Å². The Hall–Kier alpha value is -3.63. The second kappa shape index (κ2) is 10.5. The van der Waals surface area contributed by atoms with E-state index in [2.05, 4.69) is 56.9 Å². The van der Waals surface area contributed by atoms with Crippen LogP contribution in [0.5, 0.6) is 0 Å². The first-order chi connectivity index (χ1) is 16.6. The van der Waals surface area contributed by atoms with Crippen molar-refractivity contribution >= 4 is 23.1 Å². The minimum Gasteiger partial charge on any atom is -0.373 e. The summed E-state index contributed by atoms with van der Waals surface area (Å²) in [6, 6.07) is 2.05. The molecule has 0 fully saturated rings. The molecule has 0 aromatic carbocycles. The highest BCUT2D eigenvalue weighted by Crippen LogP contribution is 2.40. The number of aromatic nitrogens is 1. The fourth-order valence-corrected chi connectivity index (χ4v) is 4.52. The molecule has 0 amide bonds. The van der Waals surface area contributed by atoms with Gasteiger partial charge in [0, 0.05) is 54.3 Å². The van der Waals surface area contributed by atoms with E-state index < -0.39 is 13.0 Å². The number of hydrogen-bond donors (Lipinski definition) is 1. The Balaban J connectivity index is 1.63. The zero-order chi connectivity index (χ0) is 24.1. The third-order valence-electron chi connectivity index (χ3n) is 6.14. The molecule has 34 heavy (non-hydrogen) atoms. The number of pyridine rings is 1. The van der Waals surface area contributed by atoms with Crippen LogP contribution in [0.15, 0.2) is 88.0 Å². The minimum absolute atomic E-state index is 0.0270. The number of halogens is 2. The molecule has 174 valence electrons. The Kier molecular flexibility index (Phi) is 7.29. The SMILES string of the molecule is C=C=C(NCC(F)F)C1=CN=C2C=CC(C3=CCc4nccc(/C(C=NCC)=C/C)c43)=CC[C@@H]12. The highest BCUT2D eigenvalue weighted by Gasteiger charge is 2.29. The summed E-state index contributed by atoms with van der Waals surface area (Å²) in [6.07, 6.45) is 15.1. The summed E-state index contributed by atoms with van der Waals surface area (Å²) < 4.78 is 25.5. The second-order valence-electron chi connectivity index (χ2n) is 8.12. The fraction of sp³-hybridized carbons (Fsp3) is 0.286. The Bertz CT molecular complexity index is 1230. The molecule has 0 saturated carbocycles. The maximum atomic E-state index is 12.7. The second-order valence-corrected chi connectivity index (χ2v) is 8.12. The lowest BCUT2D eigenvalue weighted by molar-refractivity contribution is 0.149. The molecule has 2 aliphatic carbocycles. The first-order valence-corrected chi connectivity index (χ1v) is 11.5. The van der Waals surface area contributed by atoms with Crippen molar-refractivity contribution in [1.29, 1.82) is 0 Å². The molecule has 3 aliphatic rings. The van der Waals surface area contributed by atoms with Gasteiger partial charge in [-0.2, -0.15) is 0 Å². The summed E-state index contributed by atoms with van der Waals surface area (Å²) in [5, 5.41) is 2.76. The van der Waals surface area contributed by atoms with Crippen LogP contribution in [0.3, 0.4) is 0 Å². The van der Waals surface area contributed by atoms with E-state index in [0.29, 0.717) is 12.1 Å². The summed E-state index contributed by atoms with van der Waals surface area (Å²) in [5.74, 6) is -0.0270. The van der Waals surface area contributed by atoms with Crippen molar-refractivity contribution in [3.05, 3.63) is 94.8 Å². The molecule has 1 aromatic rings. The lowest BCUT2D eigenvalue weighted by atomic mass is 9.90. The van der Waals surface area contributed by atoms with Crippen LogP contribution < -0.4 is 5.32 Å². The molecule has 1 aliphatic heterocycles. The average Bonchev–Trinajstić information content (AvgIpc) is 3.39. The summed E-state index contributed by atoms with van der Waals surface area (Å²) in [6.45, 7) is 8.00. The smallest absolute Gasteiger partial charge is 0.255 e. The van der Waals surface area contributed by atoms with Gasteiger partial charge in [-0.05, 0) is 54.7 Å². The van der Waals surface area contributed by atoms with Crippen LogP contribution in [0.1, 0.15) is 37.1 Å². The van der Waals surface area contributed by atoms with E-state index in [4.69, 9.17) is 0 Å². The monoisotopic (exact) mass is 458 g/mol. The van der Waals surface area contributed by atoms with Crippen LogP contribution in [-0.2, 0) is 6.42 Å². The van der Waals surface area contributed by atoms with Gasteiger partial charge in [-0.25, -0.2) is 8.78 Å². The summed E-state index contributed by atoms with van der Waals surface area (Å²) in [7, 11) is 0. The molecule has 0 unspecified atom stereocenters. The molecule has 1 N–H and O–H groups in total. The third kappa shape index (κ3) is 4.68. The number of nitrogens with zero attached hydrogens (tertiary/aromatic N) is 3. The van der Waals surface area contributed by atoms with Crippen LogP contribution in [0.4, 0.5) is 8.78 Å². The van der Waals surface area contributed by atoms with Gasteiger partial charge in [0.1, 0.15) is 0 Å². The molecule has 1 atom stereocenters. The van der Waals surface area contributed by atoms with Crippen LogP contribution in [-0.4, -0.2) is 36.4 Å². The predicted octanol–water partition coefficient (Wildman–Crippen LogP) is 5.88. The number of nitrogens with one attached hydrogen (secondary N) is 1. The van der Waals surface area contributed by atoms with Gasteiger partial charge in [0.05, 0.1) is 17.9 Å². The number of alkyl halides is 2. The Morgan fingerprint density at radius 2 is 2.21 bits per heavy atom. The largest absolute Gasteiger partial charge is 0.373 e. The third-order valence-corrected chi connectivity index (χ3v) is 6.14. The lowest BCUT2D eigenvalue weighted by Crippen LogP contribution is -2.24. The molecule has 4 rings (SSSR count). The molecule has 6 heteroatoms. The van der Waals surface area contributed by atoms with E-state index in [9.17, 15) is 8.78 Å². The number of rotatable bonds is 8. The molecule has 0 saturated heterocycles. The summed E-state index contributed by atoms with van der Waals surface area (Å²) in [4.78, 5) is 13.6. The van der Waals surface area contributed by atoms with Crippen LogP contribution in [0, 0.1) is 5.92 Å². The molecule has 1 aromatic heterocycles. The molecular weight excluding hydrogens is 430 g/mol. The van der Waals surface area contributed by atoms with E-state index in [0.717, 1.165) is 57.8 Å². The van der Waals surface area contributed by atoms with Gasteiger partial charge < -0.3 is 5.32 Å². The van der Waals surface area contributed by atoms with Gasteiger partial charge in [-0.3, -0.25) is 15.0 Å². The summed E-state index contributed by atoms with van der Waals surface area (Å²) in [5.41, 5.74) is 11.7. The van der Waals surface area contributed by atoms with Gasteiger partial charge in [0.2, 0.25) is 0 Å². The minimum atomic E-state index is -2.45. The quantitative estimate of drug-likeness (QED) is 0.391. The standard InChI is InChI=1S/C28H28F2N4/c1-4-18(15-31-6-3)21-13-14-32-26-12-10-20(28(21)26)19-7-9-22-23(16-33-25(22)11-8-19)24(5-2)34-17-27(29)30/h4,7-8,10-11,13-16,22,27,34H,2,6,9,12,17H2,1,3H3/b18-4+,31-15?/t22-/m0/s1. The summed E-state index contributed by atoms with van der Waals surface area (Å²) >= 11 is 0. The zero-order valence-electron chi connectivity index (χ0n) is 19.5. The molecule has 0 radical (unpaired) electrons. The van der Waals surface area contributed by atoms with Crippen molar-refractivity contribution in [2.45, 2.75) is 33.1 Å². The molecular formula is C28H28F2N4. The van der Waals surface area contributed by atoms with E-state index in [1.807, 2.05) is 38.4 Å². The van der Waals surface area contributed by atoms with Gasteiger partial charge in [-0.15, -0.1) is 5.73 Å². The fourth-order valence-electron chi connectivity index (χ4n) is 4.52. The normalized spacial score (nSPS) is 19.2. The van der Waals surface area contributed by atoms with Crippen molar-refractivity contribution in [2.75, 3.05) is 13.1 Å².